The molecule has 4 saturated carbocycles. The molecule has 1 spiro atoms. The Bertz CT molecular complexity index is 2950. The molecule has 5 aliphatic carbocycles. The van der Waals surface area contributed by atoms with Crippen molar-refractivity contribution in [1.29, 1.82) is 0 Å². The van der Waals surface area contributed by atoms with Crippen LogP contribution < -0.4 is 0 Å². The number of nitrogens with zero attached hydrogens (tertiary/aromatic N) is 2. The Balaban J connectivity index is 0.969. The number of rotatable bonds is 3. The summed E-state index contributed by atoms with van der Waals surface area (Å²) in [7, 11) is 0. The third-order valence-corrected chi connectivity index (χ3v) is 14.3. The lowest BCUT2D eigenvalue weighted by Crippen LogP contribution is -2.40. The van der Waals surface area contributed by atoms with E-state index in [-0.39, 0.29) is 5.41 Å². The molecule has 0 N–H and O–H groups in total. The van der Waals surface area contributed by atoms with E-state index < -0.39 is 0 Å². The van der Waals surface area contributed by atoms with Crippen LogP contribution in [0.3, 0.4) is 0 Å². The van der Waals surface area contributed by atoms with Gasteiger partial charge in [-0.25, -0.2) is 0 Å². The molecule has 2 aromatic heterocycles. The fourth-order valence-electron chi connectivity index (χ4n) is 12.6. The molecular weight excluding hydrogens is 641 g/mol. The lowest BCUT2D eigenvalue weighted by Gasteiger charge is -2.43. The average Bonchev–Trinajstić information content (AvgIpc) is 3.96. The summed E-state index contributed by atoms with van der Waals surface area (Å²) in [5, 5.41) is 5.15. The maximum absolute atomic E-state index is 2.55. The standard InChI is InChI=1S/C51H38N2/c1-5-16-44-38(12-1)42-28-32(20-22-45(42)51(44)35-25-31-24-34(27-35)46(51)26-31)33-21-23-50-43(29-33)41-15-4-8-19-49(41)53(50)37-11-9-10-36(30-37)52-47-17-6-2-13-39(47)40-14-3-7-18-48(40)52/h1-23,28-31,34-35,46H,24-27H2. The molecule has 0 aliphatic heterocycles. The molecule has 0 radical (unpaired) electrons. The minimum absolute atomic E-state index is 0.229. The van der Waals surface area contributed by atoms with Gasteiger partial charge in [-0.05, 0) is 137 Å². The van der Waals surface area contributed by atoms with Crippen molar-refractivity contribution in [2.75, 3.05) is 0 Å². The van der Waals surface area contributed by atoms with Gasteiger partial charge in [-0.1, -0.05) is 103 Å². The van der Waals surface area contributed by atoms with Crippen LogP contribution in [0.1, 0.15) is 36.8 Å². The summed E-state index contributed by atoms with van der Waals surface area (Å²) in [6.07, 6.45) is 5.75. The van der Waals surface area contributed by atoms with E-state index in [1.165, 1.54) is 103 Å². The molecule has 4 fully saturated rings. The topological polar surface area (TPSA) is 9.86 Å². The summed E-state index contributed by atoms with van der Waals surface area (Å²) in [6.45, 7) is 0. The van der Waals surface area contributed by atoms with Gasteiger partial charge < -0.3 is 9.13 Å². The third kappa shape index (κ3) is 3.59. The van der Waals surface area contributed by atoms with E-state index in [0.717, 1.165) is 23.7 Å². The van der Waals surface area contributed by atoms with Crippen LogP contribution in [0.2, 0.25) is 0 Å². The first-order chi connectivity index (χ1) is 26.3. The first-order valence-electron chi connectivity index (χ1n) is 19.6. The maximum atomic E-state index is 2.55. The van der Waals surface area contributed by atoms with Gasteiger partial charge >= 0.3 is 0 Å². The predicted octanol–water partition coefficient (Wildman–Crippen LogP) is 12.9. The van der Waals surface area contributed by atoms with Crippen LogP contribution in [0, 0.1) is 23.7 Å². The van der Waals surface area contributed by atoms with Crippen molar-refractivity contribution in [3.05, 3.63) is 169 Å². The Morgan fingerprint density at radius 3 is 1.72 bits per heavy atom. The highest BCUT2D eigenvalue weighted by molar-refractivity contribution is 6.11. The van der Waals surface area contributed by atoms with Gasteiger partial charge in [0.1, 0.15) is 0 Å². The second kappa shape index (κ2) is 10.2. The van der Waals surface area contributed by atoms with Crippen molar-refractivity contribution in [1.82, 2.24) is 9.13 Å². The molecule has 0 amide bonds. The summed E-state index contributed by atoms with van der Waals surface area (Å²) in [4.78, 5) is 0. The van der Waals surface area contributed by atoms with E-state index in [9.17, 15) is 0 Å². The molecule has 2 heteroatoms. The Labute approximate surface area is 308 Å². The molecule has 4 bridgehead atoms. The molecule has 14 rings (SSSR count). The zero-order valence-corrected chi connectivity index (χ0v) is 29.5. The number of fused-ring (bicyclic) bond motifs is 9. The van der Waals surface area contributed by atoms with Gasteiger partial charge in [0, 0.05) is 38.3 Å². The van der Waals surface area contributed by atoms with E-state index in [1.807, 2.05) is 0 Å². The van der Waals surface area contributed by atoms with Crippen LogP contribution in [0.15, 0.2) is 158 Å². The Morgan fingerprint density at radius 2 is 1.00 bits per heavy atom. The molecule has 2 heterocycles. The SMILES string of the molecule is c1cc(-n2c3ccccc3c3ccccc32)cc(-n2c3ccccc3c3cc(-c4ccc5c(c4)-c4ccccc4C54C5CC6CC(C5)C4C6)ccc32)c1. The molecule has 5 aliphatic rings. The van der Waals surface area contributed by atoms with E-state index >= 15 is 0 Å². The van der Waals surface area contributed by atoms with Crippen molar-refractivity contribution >= 4 is 43.6 Å². The number of benzene rings is 7. The van der Waals surface area contributed by atoms with Crippen LogP contribution >= 0.6 is 0 Å². The van der Waals surface area contributed by atoms with E-state index in [0.29, 0.717) is 0 Å². The normalized spacial score (nSPS) is 23.6. The quantitative estimate of drug-likeness (QED) is 0.176. The van der Waals surface area contributed by atoms with Gasteiger partial charge in [0.2, 0.25) is 0 Å². The highest BCUT2D eigenvalue weighted by atomic mass is 15.0. The average molecular weight is 679 g/mol. The summed E-state index contributed by atoms with van der Waals surface area (Å²) >= 11 is 0. The van der Waals surface area contributed by atoms with E-state index in [2.05, 4.69) is 167 Å². The number of aromatic nitrogens is 2. The van der Waals surface area contributed by atoms with Crippen LogP contribution in [-0.4, -0.2) is 9.13 Å². The van der Waals surface area contributed by atoms with Crippen LogP contribution in [0.5, 0.6) is 0 Å². The largest absolute Gasteiger partial charge is 0.309 e. The van der Waals surface area contributed by atoms with Gasteiger partial charge in [-0.15, -0.1) is 0 Å². The van der Waals surface area contributed by atoms with Gasteiger partial charge in [0.25, 0.3) is 0 Å². The highest BCUT2D eigenvalue weighted by Crippen LogP contribution is 2.73. The molecule has 5 unspecified atom stereocenters. The second-order valence-electron chi connectivity index (χ2n) is 16.5. The zero-order chi connectivity index (χ0) is 34.4. The Hall–Kier alpha value is -5.86. The molecule has 2 nitrogen and oxygen atoms in total. The fourth-order valence-corrected chi connectivity index (χ4v) is 12.6. The minimum atomic E-state index is 0.229. The van der Waals surface area contributed by atoms with Crippen molar-refractivity contribution in [2.45, 2.75) is 31.1 Å². The van der Waals surface area contributed by atoms with Gasteiger partial charge in [-0.2, -0.15) is 0 Å². The van der Waals surface area contributed by atoms with Crippen LogP contribution in [-0.2, 0) is 5.41 Å². The number of para-hydroxylation sites is 3. The highest BCUT2D eigenvalue weighted by Gasteiger charge is 2.65. The molecule has 9 aromatic rings. The fraction of sp³-hybridized carbons (Fsp3) is 0.176. The number of hydrogen-bond donors (Lipinski definition) is 0. The van der Waals surface area contributed by atoms with Crippen molar-refractivity contribution in [3.8, 4) is 33.6 Å². The van der Waals surface area contributed by atoms with Crippen molar-refractivity contribution in [2.24, 2.45) is 23.7 Å². The summed E-state index contributed by atoms with van der Waals surface area (Å²) < 4.78 is 4.87. The van der Waals surface area contributed by atoms with E-state index in [1.54, 1.807) is 11.1 Å². The zero-order valence-electron chi connectivity index (χ0n) is 29.5. The lowest BCUT2D eigenvalue weighted by molar-refractivity contribution is 0.191. The Morgan fingerprint density at radius 1 is 0.415 bits per heavy atom. The smallest absolute Gasteiger partial charge is 0.0541 e. The lowest BCUT2D eigenvalue weighted by atomic mass is 9.59. The first kappa shape index (κ1) is 28.7. The second-order valence-corrected chi connectivity index (χ2v) is 16.5. The summed E-state index contributed by atoms with van der Waals surface area (Å²) in [5.41, 5.74) is 16.3. The molecule has 7 aromatic carbocycles. The molecule has 53 heavy (non-hydrogen) atoms. The Kier molecular flexibility index (Phi) is 5.51. The molecular formula is C51H38N2. The number of hydrogen-bond acceptors (Lipinski definition) is 0. The van der Waals surface area contributed by atoms with Crippen LogP contribution in [0.4, 0.5) is 0 Å². The van der Waals surface area contributed by atoms with Gasteiger partial charge in [0.15, 0.2) is 0 Å². The first-order valence-corrected chi connectivity index (χ1v) is 19.6. The van der Waals surface area contributed by atoms with Gasteiger partial charge in [0.05, 0.1) is 22.1 Å². The molecule has 252 valence electrons. The summed E-state index contributed by atoms with van der Waals surface area (Å²) in [6, 6.07) is 59.7. The minimum Gasteiger partial charge on any atom is -0.309 e. The van der Waals surface area contributed by atoms with Gasteiger partial charge in [-0.3, -0.25) is 0 Å². The van der Waals surface area contributed by atoms with Crippen LogP contribution in [0.25, 0.3) is 77.2 Å². The monoisotopic (exact) mass is 678 g/mol. The van der Waals surface area contributed by atoms with Crippen molar-refractivity contribution < 1.29 is 0 Å². The molecule has 5 atom stereocenters. The maximum Gasteiger partial charge on any atom is 0.0541 e. The summed E-state index contributed by atoms with van der Waals surface area (Å²) in [5.74, 6) is 3.50. The predicted molar refractivity (Wildman–Crippen MR) is 219 cm³/mol. The third-order valence-electron chi connectivity index (χ3n) is 14.3. The molecule has 0 saturated heterocycles. The van der Waals surface area contributed by atoms with E-state index in [4.69, 9.17) is 0 Å². The van der Waals surface area contributed by atoms with Crippen molar-refractivity contribution in [3.63, 3.8) is 0 Å².